The average molecular weight is 261 g/mol. The second-order valence-electron chi connectivity index (χ2n) is 5.03. The summed E-state index contributed by atoms with van der Waals surface area (Å²) in [7, 11) is 1.69. The number of rotatable bonds is 11. The molecule has 0 saturated carbocycles. The van der Waals surface area contributed by atoms with E-state index in [9.17, 15) is 0 Å². The van der Waals surface area contributed by atoms with Gasteiger partial charge < -0.3 is 14.2 Å². The molecule has 0 aliphatic carbocycles. The van der Waals surface area contributed by atoms with Crippen LogP contribution in [0.2, 0.25) is 0 Å². The van der Waals surface area contributed by atoms with Crippen molar-refractivity contribution in [3.63, 3.8) is 0 Å². The third-order valence-electron chi connectivity index (χ3n) is 2.86. The molecule has 0 fully saturated rings. The lowest BCUT2D eigenvalue weighted by molar-refractivity contribution is -0.0291. The minimum absolute atomic E-state index is 0.261. The molecule has 0 heterocycles. The Bertz CT molecular complexity index is 186. The molecule has 0 aliphatic heterocycles. The SMILES string of the molecule is CCN(C(C)C)C(COCCOC)COC(C)C. The summed E-state index contributed by atoms with van der Waals surface area (Å²) in [4.78, 5) is 2.41. The summed E-state index contributed by atoms with van der Waals surface area (Å²) in [5.74, 6) is 0. The maximum atomic E-state index is 5.74. The summed E-state index contributed by atoms with van der Waals surface area (Å²) in [6.07, 6.45) is 0.261. The van der Waals surface area contributed by atoms with Crippen LogP contribution in [0.25, 0.3) is 0 Å². The van der Waals surface area contributed by atoms with Crippen LogP contribution >= 0.6 is 0 Å². The predicted molar refractivity (Wildman–Crippen MR) is 75.1 cm³/mol. The molecule has 0 aromatic rings. The fraction of sp³-hybridized carbons (Fsp3) is 1.00. The highest BCUT2D eigenvalue weighted by Gasteiger charge is 2.20. The quantitative estimate of drug-likeness (QED) is 0.533. The van der Waals surface area contributed by atoms with Gasteiger partial charge in [0.2, 0.25) is 0 Å². The second-order valence-corrected chi connectivity index (χ2v) is 5.03. The van der Waals surface area contributed by atoms with Crippen LogP contribution in [0.3, 0.4) is 0 Å². The van der Waals surface area contributed by atoms with Gasteiger partial charge in [0.15, 0.2) is 0 Å². The van der Waals surface area contributed by atoms with Crippen molar-refractivity contribution in [2.24, 2.45) is 0 Å². The third-order valence-corrected chi connectivity index (χ3v) is 2.86. The van der Waals surface area contributed by atoms with Gasteiger partial charge in [-0.3, -0.25) is 4.90 Å². The van der Waals surface area contributed by atoms with E-state index in [1.54, 1.807) is 7.11 Å². The zero-order chi connectivity index (χ0) is 14.0. The molecule has 4 nitrogen and oxygen atoms in total. The molecule has 0 amide bonds. The summed E-state index contributed by atoms with van der Waals surface area (Å²) in [6, 6.07) is 0.816. The smallest absolute Gasteiger partial charge is 0.0701 e. The number of methoxy groups -OCH3 is 1. The van der Waals surface area contributed by atoms with Crippen molar-refractivity contribution in [1.82, 2.24) is 4.90 Å². The van der Waals surface area contributed by atoms with E-state index in [-0.39, 0.29) is 6.10 Å². The average Bonchev–Trinajstić information content (AvgIpc) is 2.30. The van der Waals surface area contributed by atoms with Crippen LogP contribution in [0.4, 0.5) is 0 Å². The molecule has 0 aromatic carbocycles. The van der Waals surface area contributed by atoms with E-state index in [4.69, 9.17) is 14.2 Å². The molecule has 0 aliphatic rings. The summed E-state index contributed by atoms with van der Waals surface area (Å²) in [5.41, 5.74) is 0. The van der Waals surface area contributed by atoms with Gasteiger partial charge in [-0.15, -0.1) is 0 Å². The first-order valence-electron chi connectivity index (χ1n) is 6.96. The van der Waals surface area contributed by atoms with E-state index in [1.807, 2.05) is 0 Å². The fourth-order valence-corrected chi connectivity index (χ4v) is 1.95. The molecule has 0 rings (SSSR count). The second kappa shape index (κ2) is 10.7. The van der Waals surface area contributed by atoms with Gasteiger partial charge >= 0.3 is 0 Å². The van der Waals surface area contributed by atoms with Gasteiger partial charge in [-0.05, 0) is 34.2 Å². The van der Waals surface area contributed by atoms with Crippen LogP contribution in [-0.2, 0) is 14.2 Å². The van der Waals surface area contributed by atoms with Gasteiger partial charge in [0.05, 0.1) is 38.6 Å². The van der Waals surface area contributed by atoms with Gasteiger partial charge in [-0.25, -0.2) is 0 Å². The number of nitrogens with zero attached hydrogens (tertiary/aromatic N) is 1. The molecule has 0 aromatic heterocycles. The van der Waals surface area contributed by atoms with Gasteiger partial charge in [0, 0.05) is 13.2 Å². The number of ether oxygens (including phenoxy) is 3. The molecule has 1 unspecified atom stereocenters. The summed E-state index contributed by atoms with van der Waals surface area (Å²) in [5, 5.41) is 0. The fourth-order valence-electron chi connectivity index (χ4n) is 1.95. The topological polar surface area (TPSA) is 30.9 Å². The molecule has 0 radical (unpaired) electrons. The van der Waals surface area contributed by atoms with Crippen LogP contribution in [0.1, 0.15) is 34.6 Å². The molecular weight excluding hydrogens is 230 g/mol. The Balaban J connectivity index is 4.21. The van der Waals surface area contributed by atoms with Crippen molar-refractivity contribution in [2.75, 3.05) is 40.1 Å². The summed E-state index contributed by atoms with van der Waals surface area (Å²) in [6.45, 7) is 14.4. The zero-order valence-electron chi connectivity index (χ0n) is 12.9. The van der Waals surface area contributed by atoms with Crippen LogP contribution in [-0.4, -0.2) is 63.2 Å². The zero-order valence-corrected chi connectivity index (χ0v) is 12.9. The molecule has 0 saturated heterocycles. The highest BCUT2D eigenvalue weighted by Crippen LogP contribution is 2.08. The van der Waals surface area contributed by atoms with E-state index >= 15 is 0 Å². The first-order chi connectivity index (χ1) is 8.52. The maximum absolute atomic E-state index is 5.74. The lowest BCUT2D eigenvalue weighted by atomic mass is 10.2. The molecule has 0 N–H and O–H groups in total. The van der Waals surface area contributed by atoms with Crippen LogP contribution in [0, 0.1) is 0 Å². The minimum atomic E-state index is 0.261. The van der Waals surface area contributed by atoms with E-state index < -0.39 is 0 Å². The summed E-state index contributed by atoms with van der Waals surface area (Å²) < 4.78 is 16.4. The van der Waals surface area contributed by atoms with Crippen molar-refractivity contribution in [2.45, 2.75) is 52.8 Å². The van der Waals surface area contributed by atoms with Crippen molar-refractivity contribution in [1.29, 1.82) is 0 Å². The Morgan fingerprint density at radius 3 is 2.11 bits per heavy atom. The van der Waals surface area contributed by atoms with E-state index in [1.165, 1.54) is 0 Å². The molecule has 110 valence electrons. The van der Waals surface area contributed by atoms with Gasteiger partial charge in [0.25, 0.3) is 0 Å². The molecule has 0 bridgehead atoms. The standard InChI is InChI=1S/C14H31NO3/c1-7-15(12(2)3)14(11-18-13(4)5)10-17-9-8-16-6/h12-14H,7-11H2,1-6H3. The van der Waals surface area contributed by atoms with Crippen molar-refractivity contribution in [3.05, 3.63) is 0 Å². The summed E-state index contributed by atoms with van der Waals surface area (Å²) >= 11 is 0. The first kappa shape index (κ1) is 17.8. The number of hydrogen-bond donors (Lipinski definition) is 0. The maximum Gasteiger partial charge on any atom is 0.0701 e. The Hall–Kier alpha value is -0.160. The lowest BCUT2D eigenvalue weighted by Crippen LogP contribution is -2.46. The van der Waals surface area contributed by atoms with Crippen LogP contribution < -0.4 is 0 Å². The third kappa shape index (κ3) is 8.03. The molecule has 1 atom stereocenters. The normalized spacial score (nSPS) is 13.8. The number of likely N-dealkylation sites (N-methyl/N-ethyl adjacent to an activating group) is 1. The highest BCUT2D eigenvalue weighted by atomic mass is 16.5. The van der Waals surface area contributed by atoms with Crippen molar-refractivity contribution < 1.29 is 14.2 Å². The van der Waals surface area contributed by atoms with Crippen molar-refractivity contribution >= 4 is 0 Å². The van der Waals surface area contributed by atoms with Crippen LogP contribution in [0.5, 0.6) is 0 Å². The Kier molecular flexibility index (Phi) is 10.6. The van der Waals surface area contributed by atoms with Crippen LogP contribution in [0.15, 0.2) is 0 Å². The minimum Gasteiger partial charge on any atom is -0.382 e. The molecule has 18 heavy (non-hydrogen) atoms. The largest absolute Gasteiger partial charge is 0.382 e. The molecule has 0 spiro atoms. The Labute approximate surface area is 113 Å². The first-order valence-corrected chi connectivity index (χ1v) is 6.96. The number of hydrogen-bond acceptors (Lipinski definition) is 4. The Morgan fingerprint density at radius 1 is 1.00 bits per heavy atom. The predicted octanol–water partition coefficient (Wildman–Crippen LogP) is 2.17. The molecule has 4 heteroatoms. The van der Waals surface area contributed by atoms with E-state index in [0.717, 1.165) is 13.2 Å². The highest BCUT2D eigenvalue weighted by molar-refractivity contribution is 4.73. The monoisotopic (exact) mass is 261 g/mol. The van der Waals surface area contributed by atoms with Crippen molar-refractivity contribution in [3.8, 4) is 0 Å². The van der Waals surface area contributed by atoms with E-state index in [0.29, 0.717) is 31.9 Å². The van der Waals surface area contributed by atoms with E-state index in [2.05, 4.69) is 39.5 Å². The van der Waals surface area contributed by atoms with Gasteiger partial charge in [-0.2, -0.15) is 0 Å². The Morgan fingerprint density at radius 2 is 1.67 bits per heavy atom. The van der Waals surface area contributed by atoms with Gasteiger partial charge in [0.1, 0.15) is 0 Å². The lowest BCUT2D eigenvalue weighted by Gasteiger charge is -2.34. The molecular formula is C14H31NO3. The van der Waals surface area contributed by atoms with Gasteiger partial charge in [-0.1, -0.05) is 6.92 Å².